The van der Waals surface area contributed by atoms with E-state index in [1.165, 1.54) is 21.0 Å². The molecule has 0 saturated carbocycles. The number of carbonyl (C=O) groups is 2. The molecule has 1 atom stereocenters. The number of carbonyl (C=O) groups excluding carboxylic acids is 2. The highest BCUT2D eigenvalue weighted by atomic mass is 19.1. The van der Waals surface area contributed by atoms with Gasteiger partial charge >= 0.3 is 5.97 Å². The smallest absolute Gasteiger partial charge is 0.341 e. The first kappa shape index (κ1) is 17.7. The van der Waals surface area contributed by atoms with Crippen LogP contribution in [0.3, 0.4) is 0 Å². The number of halogens is 1. The van der Waals surface area contributed by atoms with E-state index >= 15 is 0 Å². The summed E-state index contributed by atoms with van der Waals surface area (Å²) in [6.07, 6.45) is 0. The fourth-order valence-electron chi connectivity index (χ4n) is 2.69. The monoisotopic (exact) mass is 334 g/mol. The van der Waals surface area contributed by atoms with Crippen LogP contribution in [0.1, 0.15) is 32.3 Å². The summed E-state index contributed by atoms with van der Waals surface area (Å²) in [5.41, 5.74) is 0.490. The van der Waals surface area contributed by atoms with Crippen molar-refractivity contribution in [3.05, 3.63) is 52.7 Å². The quantitative estimate of drug-likeness (QED) is 0.772. The topological polar surface area (TPSA) is 61.8 Å². The first-order valence-corrected chi connectivity index (χ1v) is 7.51. The van der Waals surface area contributed by atoms with Gasteiger partial charge in [0.05, 0.1) is 19.6 Å². The number of esters is 1. The lowest BCUT2D eigenvalue weighted by Gasteiger charge is -2.27. The van der Waals surface area contributed by atoms with Gasteiger partial charge in [0.25, 0.3) is 6.01 Å². The van der Waals surface area contributed by atoms with Crippen molar-refractivity contribution >= 4 is 11.8 Å². The zero-order valence-corrected chi connectivity index (χ0v) is 14.0. The summed E-state index contributed by atoms with van der Waals surface area (Å²) in [6, 6.07) is 5.67. The average molecular weight is 334 g/mol. The molecule has 1 aliphatic heterocycles. The summed E-state index contributed by atoms with van der Waals surface area (Å²) in [7, 11) is 1.53. The Bertz CT molecular complexity index is 715. The van der Waals surface area contributed by atoms with Crippen molar-refractivity contribution in [2.45, 2.75) is 26.7 Å². The van der Waals surface area contributed by atoms with Crippen molar-refractivity contribution in [2.75, 3.05) is 13.7 Å². The maximum atomic E-state index is 14.4. The van der Waals surface area contributed by atoms with E-state index in [4.69, 9.17) is 14.2 Å². The Hall–Kier alpha value is -2.63. The van der Waals surface area contributed by atoms with Crippen LogP contribution in [0, 0.1) is 0 Å². The minimum Gasteiger partial charge on any atom is -0.497 e. The summed E-state index contributed by atoms with van der Waals surface area (Å²) in [4.78, 5) is 24.3. The number of Topliss-reactive ketones (excluding diaryl/α,β-unsaturated/α-hetero) is 1. The highest BCUT2D eigenvalue weighted by molar-refractivity contribution is 6.01. The maximum absolute atomic E-state index is 14.4. The fraction of sp³-hybridized carbons (Fsp3) is 0.333. The molecular weight excluding hydrogens is 315 g/mol. The van der Waals surface area contributed by atoms with Crippen LogP contribution in [0.2, 0.25) is 0 Å². The van der Waals surface area contributed by atoms with Gasteiger partial charge in [-0.2, -0.15) is 4.39 Å². The van der Waals surface area contributed by atoms with Crippen molar-refractivity contribution in [1.29, 1.82) is 0 Å². The van der Waals surface area contributed by atoms with Crippen molar-refractivity contribution in [2.24, 2.45) is 0 Å². The highest BCUT2D eigenvalue weighted by Crippen LogP contribution is 2.42. The van der Waals surface area contributed by atoms with Crippen LogP contribution in [0.4, 0.5) is 4.39 Å². The van der Waals surface area contributed by atoms with Crippen molar-refractivity contribution in [3.8, 4) is 5.75 Å². The van der Waals surface area contributed by atoms with Crippen LogP contribution in [0.15, 0.2) is 47.2 Å². The van der Waals surface area contributed by atoms with Crippen molar-refractivity contribution in [3.63, 3.8) is 0 Å². The third kappa shape index (κ3) is 3.32. The standard InChI is InChI=1S/C18H19FO5/c1-5-23-18(21)16-15(12-6-8-13(22-4)9-7-12)14(10(2)20)11(3)24-17(16)19/h6-9,15H,5H2,1-4H3. The normalized spacial score (nSPS) is 17.5. The maximum Gasteiger partial charge on any atom is 0.341 e. The number of hydrogen-bond acceptors (Lipinski definition) is 5. The number of ketones is 1. The van der Waals surface area contributed by atoms with E-state index in [0.29, 0.717) is 11.3 Å². The predicted octanol–water partition coefficient (Wildman–Crippen LogP) is 3.42. The zero-order valence-electron chi connectivity index (χ0n) is 14.0. The van der Waals surface area contributed by atoms with E-state index in [9.17, 15) is 14.0 Å². The van der Waals surface area contributed by atoms with Gasteiger partial charge in [0, 0.05) is 5.57 Å². The van der Waals surface area contributed by atoms with Gasteiger partial charge in [-0.15, -0.1) is 0 Å². The molecule has 0 saturated heterocycles. The number of allylic oxidation sites excluding steroid dienone is 2. The molecule has 0 spiro atoms. The molecule has 0 aromatic heterocycles. The van der Waals surface area contributed by atoms with Gasteiger partial charge in [-0.3, -0.25) is 4.79 Å². The molecule has 1 unspecified atom stereocenters. The van der Waals surface area contributed by atoms with Gasteiger partial charge in [-0.25, -0.2) is 4.79 Å². The number of ether oxygens (including phenoxy) is 3. The zero-order chi connectivity index (χ0) is 17.9. The van der Waals surface area contributed by atoms with Gasteiger partial charge in [-0.05, 0) is 38.5 Å². The molecule has 1 aromatic carbocycles. The summed E-state index contributed by atoms with van der Waals surface area (Å²) in [5, 5.41) is 0. The van der Waals surface area contributed by atoms with Crippen LogP contribution < -0.4 is 4.74 Å². The largest absolute Gasteiger partial charge is 0.497 e. The molecule has 0 N–H and O–H groups in total. The van der Waals surface area contributed by atoms with E-state index in [-0.39, 0.29) is 29.3 Å². The van der Waals surface area contributed by atoms with Gasteiger partial charge in [0.15, 0.2) is 5.78 Å². The van der Waals surface area contributed by atoms with Gasteiger partial charge < -0.3 is 14.2 Å². The van der Waals surface area contributed by atoms with Crippen LogP contribution in [-0.2, 0) is 19.1 Å². The Morgan fingerprint density at radius 2 is 1.83 bits per heavy atom. The second-order valence-corrected chi connectivity index (χ2v) is 5.24. The van der Waals surface area contributed by atoms with Crippen LogP contribution in [-0.4, -0.2) is 25.5 Å². The summed E-state index contributed by atoms with van der Waals surface area (Å²) in [6.45, 7) is 4.55. The number of methoxy groups -OCH3 is 1. The van der Waals surface area contributed by atoms with Gasteiger partial charge in [0.2, 0.25) is 0 Å². The molecule has 1 aromatic rings. The van der Waals surface area contributed by atoms with Gasteiger partial charge in [0.1, 0.15) is 17.1 Å². The first-order chi connectivity index (χ1) is 11.4. The molecule has 0 fully saturated rings. The number of benzene rings is 1. The Labute approximate surface area is 139 Å². The van der Waals surface area contributed by atoms with E-state index in [0.717, 1.165) is 0 Å². The molecule has 1 aliphatic rings. The molecule has 0 bridgehead atoms. The Morgan fingerprint density at radius 3 is 2.33 bits per heavy atom. The Kier molecular flexibility index (Phi) is 5.39. The molecule has 1 heterocycles. The molecule has 0 radical (unpaired) electrons. The lowest BCUT2D eigenvalue weighted by Crippen LogP contribution is -2.25. The molecule has 6 heteroatoms. The van der Waals surface area contributed by atoms with Crippen LogP contribution in [0.25, 0.3) is 0 Å². The van der Waals surface area contributed by atoms with E-state index in [1.54, 1.807) is 31.2 Å². The molecule has 5 nitrogen and oxygen atoms in total. The molecule has 0 amide bonds. The highest BCUT2D eigenvalue weighted by Gasteiger charge is 2.39. The van der Waals surface area contributed by atoms with Crippen molar-refractivity contribution in [1.82, 2.24) is 0 Å². The molecular formula is C18H19FO5. The number of rotatable bonds is 5. The third-order valence-electron chi connectivity index (χ3n) is 3.73. The van der Waals surface area contributed by atoms with Crippen LogP contribution in [0.5, 0.6) is 5.75 Å². The minimum absolute atomic E-state index is 0.0864. The van der Waals surface area contributed by atoms with E-state index < -0.39 is 17.9 Å². The van der Waals surface area contributed by atoms with Gasteiger partial charge in [-0.1, -0.05) is 12.1 Å². The minimum atomic E-state index is -1.04. The summed E-state index contributed by atoms with van der Waals surface area (Å²) >= 11 is 0. The first-order valence-electron chi connectivity index (χ1n) is 7.51. The number of hydrogen-bond donors (Lipinski definition) is 0. The third-order valence-corrected chi connectivity index (χ3v) is 3.73. The van der Waals surface area contributed by atoms with Crippen LogP contribution >= 0.6 is 0 Å². The molecule has 128 valence electrons. The SMILES string of the molecule is CCOC(=O)C1=C(F)OC(C)=C(C(C)=O)C1c1ccc(OC)cc1. The summed E-state index contributed by atoms with van der Waals surface area (Å²) in [5.74, 6) is -1.29. The molecule has 2 rings (SSSR count). The van der Waals surface area contributed by atoms with Crippen molar-refractivity contribution < 1.29 is 28.2 Å². The Morgan fingerprint density at radius 1 is 1.21 bits per heavy atom. The molecule has 24 heavy (non-hydrogen) atoms. The summed E-state index contributed by atoms with van der Waals surface area (Å²) < 4.78 is 29.4. The second kappa shape index (κ2) is 7.29. The van der Waals surface area contributed by atoms with E-state index in [2.05, 4.69) is 0 Å². The lowest BCUT2D eigenvalue weighted by atomic mass is 9.81. The van der Waals surface area contributed by atoms with E-state index in [1.807, 2.05) is 0 Å². The Balaban J connectivity index is 2.60. The lowest BCUT2D eigenvalue weighted by molar-refractivity contribution is -0.139. The fourth-order valence-corrected chi connectivity index (χ4v) is 2.69. The second-order valence-electron chi connectivity index (χ2n) is 5.24. The molecule has 0 aliphatic carbocycles. The predicted molar refractivity (Wildman–Crippen MR) is 85.0 cm³/mol. The average Bonchev–Trinajstić information content (AvgIpc) is 2.53.